The van der Waals surface area contributed by atoms with Crippen LogP contribution in [0.3, 0.4) is 0 Å². The highest BCUT2D eigenvalue weighted by Gasteiger charge is 2.05. The summed E-state index contributed by atoms with van der Waals surface area (Å²) in [5.41, 5.74) is 1.05. The van der Waals surface area contributed by atoms with E-state index in [1.54, 1.807) is 6.08 Å². The summed E-state index contributed by atoms with van der Waals surface area (Å²) in [5.74, 6) is 2.16. The number of ether oxygens (including phenoxy) is 1. The number of carbonyl (C=O) groups is 1. The molecule has 0 heterocycles. The van der Waals surface area contributed by atoms with Gasteiger partial charge in [0, 0.05) is 13.3 Å². The zero-order valence-electron chi connectivity index (χ0n) is 9.22. The van der Waals surface area contributed by atoms with Crippen molar-refractivity contribution >= 4 is 12.0 Å². The molecule has 0 saturated heterocycles. The van der Waals surface area contributed by atoms with Crippen LogP contribution in [0, 0.1) is 12.3 Å². The Hall–Kier alpha value is -2.01. The van der Waals surface area contributed by atoms with Gasteiger partial charge in [0.15, 0.2) is 0 Å². The van der Waals surface area contributed by atoms with Crippen molar-refractivity contribution < 1.29 is 9.53 Å². The van der Waals surface area contributed by atoms with E-state index >= 15 is 0 Å². The molecule has 0 aromatic heterocycles. The first kappa shape index (κ1) is 12.1. The van der Waals surface area contributed by atoms with Crippen LogP contribution in [-0.4, -0.2) is 12.1 Å². The molecule has 0 aliphatic heterocycles. The molecule has 1 aromatic rings. The second-order valence-electron chi connectivity index (χ2n) is 3.33. The van der Waals surface area contributed by atoms with Gasteiger partial charge in [0.1, 0.15) is 6.10 Å². The van der Waals surface area contributed by atoms with Gasteiger partial charge in [-0.3, -0.25) is 4.79 Å². The Kier molecular flexibility index (Phi) is 4.88. The summed E-state index contributed by atoms with van der Waals surface area (Å²) in [6.45, 7) is 1.37. The van der Waals surface area contributed by atoms with E-state index < -0.39 is 0 Å². The number of rotatable bonds is 4. The highest BCUT2D eigenvalue weighted by Crippen LogP contribution is 2.06. The standard InChI is InChI=1S/C14H14O2/c1-3-7-14(16-12(2)15)11-10-13-8-5-4-6-9-13/h1,4-6,8-11,14H,7H2,2H3. The van der Waals surface area contributed by atoms with Gasteiger partial charge in [-0.15, -0.1) is 12.3 Å². The minimum atomic E-state index is -0.345. The quantitative estimate of drug-likeness (QED) is 0.569. The second-order valence-corrected chi connectivity index (χ2v) is 3.33. The first-order valence-corrected chi connectivity index (χ1v) is 5.06. The molecule has 0 bridgehead atoms. The van der Waals surface area contributed by atoms with E-state index in [4.69, 9.17) is 11.2 Å². The van der Waals surface area contributed by atoms with Crippen molar-refractivity contribution in [3.63, 3.8) is 0 Å². The molecule has 1 aromatic carbocycles. The zero-order valence-corrected chi connectivity index (χ0v) is 9.22. The average Bonchev–Trinajstić information content (AvgIpc) is 2.27. The minimum absolute atomic E-state index is 0.321. The Bertz CT molecular complexity index is 398. The number of benzene rings is 1. The molecule has 2 heteroatoms. The molecular weight excluding hydrogens is 200 g/mol. The topological polar surface area (TPSA) is 26.3 Å². The summed E-state index contributed by atoms with van der Waals surface area (Å²) in [7, 11) is 0. The lowest BCUT2D eigenvalue weighted by atomic mass is 10.1. The monoisotopic (exact) mass is 214 g/mol. The van der Waals surface area contributed by atoms with Gasteiger partial charge in [-0.05, 0) is 11.6 Å². The summed E-state index contributed by atoms with van der Waals surface area (Å²) in [4.78, 5) is 10.8. The molecule has 0 N–H and O–H groups in total. The molecular formula is C14H14O2. The van der Waals surface area contributed by atoms with E-state index in [0.717, 1.165) is 5.56 Å². The SMILES string of the molecule is C#CCC(C=Cc1ccccc1)OC(C)=O. The van der Waals surface area contributed by atoms with Gasteiger partial charge in [0.2, 0.25) is 0 Å². The molecule has 2 nitrogen and oxygen atoms in total. The maximum atomic E-state index is 10.8. The van der Waals surface area contributed by atoms with Crippen LogP contribution in [0.1, 0.15) is 18.9 Å². The molecule has 0 radical (unpaired) electrons. The van der Waals surface area contributed by atoms with E-state index in [1.165, 1.54) is 6.92 Å². The summed E-state index contributed by atoms with van der Waals surface area (Å²) >= 11 is 0. The molecule has 0 aliphatic rings. The second kappa shape index (κ2) is 6.47. The molecule has 82 valence electrons. The van der Waals surface area contributed by atoms with Crippen LogP contribution in [0.15, 0.2) is 36.4 Å². The van der Waals surface area contributed by atoms with E-state index in [-0.39, 0.29) is 12.1 Å². The van der Waals surface area contributed by atoms with E-state index in [9.17, 15) is 4.79 Å². The third kappa shape index (κ3) is 4.47. The Morgan fingerprint density at radius 1 is 1.50 bits per heavy atom. The van der Waals surface area contributed by atoms with Gasteiger partial charge in [-0.25, -0.2) is 0 Å². The molecule has 16 heavy (non-hydrogen) atoms. The normalized spacial score (nSPS) is 12.0. The van der Waals surface area contributed by atoms with Crippen LogP contribution >= 0.6 is 0 Å². The number of esters is 1. The van der Waals surface area contributed by atoms with Gasteiger partial charge in [0.05, 0.1) is 0 Å². The van der Waals surface area contributed by atoms with Gasteiger partial charge >= 0.3 is 5.97 Å². The highest BCUT2D eigenvalue weighted by molar-refractivity contribution is 5.66. The minimum Gasteiger partial charge on any atom is -0.457 e. The average molecular weight is 214 g/mol. The van der Waals surface area contributed by atoms with Crippen molar-refractivity contribution in [1.29, 1.82) is 0 Å². The Labute approximate surface area is 95.9 Å². The molecule has 1 rings (SSSR count). The summed E-state index contributed by atoms with van der Waals surface area (Å²) in [6.07, 6.45) is 8.94. The molecule has 0 fully saturated rings. The summed E-state index contributed by atoms with van der Waals surface area (Å²) in [5, 5.41) is 0. The number of carbonyl (C=O) groups excluding carboxylic acids is 1. The number of hydrogen-bond donors (Lipinski definition) is 0. The largest absolute Gasteiger partial charge is 0.457 e. The van der Waals surface area contributed by atoms with Gasteiger partial charge < -0.3 is 4.74 Å². The molecule has 0 saturated carbocycles. The molecule has 0 spiro atoms. The molecule has 1 unspecified atom stereocenters. The van der Waals surface area contributed by atoms with E-state index in [1.807, 2.05) is 36.4 Å². The van der Waals surface area contributed by atoms with E-state index in [2.05, 4.69) is 5.92 Å². The van der Waals surface area contributed by atoms with Crippen LogP contribution in [0.2, 0.25) is 0 Å². The first-order chi connectivity index (χ1) is 7.72. The fourth-order valence-electron chi connectivity index (χ4n) is 1.26. The third-order valence-electron chi connectivity index (χ3n) is 1.94. The fourth-order valence-corrected chi connectivity index (χ4v) is 1.26. The zero-order chi connectivity index (χ0) is 11.8. The predicted molar refractivity (Wildman–Crippen MR) is 64.5 cm³/mol. The smallest absolute Gasteiger partial charge is 0.303 e. The maximum Gasteiger partial charge on any atom is 0.303 e. The lowest BCUT2D eigenvalue weighted by Crippen LogP contribution is -2.12. The lowest BCUT2D eigenvalue weighted by Gasteiger charge is -2.09. The summed E-state index contributed by atoms with van der Waals surface area (Å²) in [6, 6.07) is 9.78. The number of terminal acetylenes is 1. The van der Waals surface area contributed by atoms with Crippen LogP contribution in [0.5, 0.6) is 0 Å². The first-order valence-electron chi connectivity index (χ1n) is 5.06. The van der Waals surface area contributed by atoms with Gasteiger partial charge in [0.25, 0.3) is 0 Å². The van der Waals surface area contributed by atoms with Gasteiger partial charge in [-0.2, -0.15) is 0 Å². The van der Waals surface area contributed by atoms with Crippen LogP contribution in [0.4, 0.5) is 0 Å². The van der Waals surface area contributed by atoms with Crippen molar-refractivity contribution in [2.45, 2.75) is 19.4 Å². The molecule has 0 amide bonds. The highest BCUT2D eigenvalue weighted by atomic mass is 16.5. The number of hydrogen-bond acceptors (Lipinski definition) is 2. The Morgan fingerprint density at radius 3 is 2.75 bits per heavy atom. The van der Waals surface area contributed by atoms with Crippen molar-refractivity contribution in [1.82, 2.24) is 0 Å². The summed E-state index contributed by atoms with van der Waals surface area (Å²) < 4.78 is 5.04. The van der Waals surface area contributed by atoms with E-state index in [0.29, 0.717) is 6.42 Å². The Morgan fingerprint density at radius 2 is 2.19 bits per heavy atom. The predicted octanol–water partition coefficient (Wildman–Crippen LogP) is 2.65. The Balaban J connectivity index is 2.64. The fraction of sp³-hybridized carbons (Fsp3) is 0.214. The maximum absolute atomic E-state index is 10.8. The third-order valence-corrected chi connectivity index (χ3v) is 1.94. The van der Waals surface area contributed by atoms with Crippen molar-refractivity contribution in [2.75, 3.05) is 0 Å². The molecule has 1 atom stereocenters. The molecule has 0 aliphatic carbocycles. The van der Waals surface area contributed by atoms with Gasteiger partial charge in [-0.1, -0.05) is 36.4 Å². The van der Waals surface area contributed by atoms with Crippen molar-refractivity contribution in [3.05, 3.63) is 42.0 Å². The van der Waals surface area contributed by atoms with Crippen LogP contribution in [0.25, 0.3) is 6.08 Å². The van der Waals surface area contributed by atoms with Crippen LogP contribution in [-0.2, 0) is 9.53 Å². The van der Waals surface area contributed by atoms with Crippen molar-refractivity contribution in [3.8, 4) is 12.3 Å². The van der Waals surface area contributed by atoms with Crippen LogP contribution < -0.4 is 0 Å². The lowest BCUT2D eigenvalue weighted by molar-refractivity contribution is -0.143. The van der Waals surface area contributed by atoms with Crippen molar-refractivity contribution in [2.24, 2.45) is 0 Å².